The molecule has 0 amide bonds. The third-order valence-electron chi connectivity index (χ3n) is 4.29. The van der Waals surface area contributed by atoms with Gasteiger partial charge in [-0.1, -0.05) is 50.6 Å². The molecular weight excluding hydrogens is 222 g/mol. The summed E-state index contributed by atoms with van der Waals surface area (Å²) in [4.78, 5) is 2.41. The van der Waals surface area contributed by atoms with Crippen LogP contribution in [-0.2, 0) is 0 Å². The number of rotatable bonds is 5. The van der Waals surface area contributed by atoms with Gasteiger partial charge in [0.1, 0.15) is 0 Å². The highest BCUT2D eigenvalue weighted by molar-refractivity contribution is 5.21. The highest BCUT2D eigenvalue weighted by atomic mass is 16.3. The van der Waals surface area contributed by atoms with Crippen molar-refractivity contribution >= 4 is 0 Å². The fourth-order valence-corrected chi connectivity index (χ4v) is 2.71. The number of benzene rings is 1. The molecule has 3 atom stereocenters. The zero-order valence-electron chi connectivity index (χ0n) is 11.5. The molecule has 2 rings (SSSR count). The molecule has 1 saturated heterocycles. The van der Waals surface area contributed by atoms with Gasteiger partial charge in [-0.3, -0.25) is 0 Å². The summed E-state index contributed by atoms with van der Waals surface area (Å²) in [5.41, 5.74) is 1.44. The zero-order valence-corrected chi connectivity index (χ0v) is 11.5. The molecule has 2 nitrogen and oxygen atoms in total. The van der Waals surface area contributed by atoms with Gasteiger partial charge >= 0.3 is 0 Å². The summed E-state index contributed by atoms with van der Waals surface area (Å²) in [6, 6.07) is 10.7. The van der Waals surface area contributed by atoms with Gasteiger partial charge in [0.2, 0.25) is 0 Å². The summed E-state index contributed by atoms with van der Waals surface area (Å²) in [6.07, 6.45) is 2.10. The van der Waals surface area contributed by atoms with Crippen LogP contribution in [0.15, 0.2) is 30.3 Å². The molecule has 1 N–H and O–H groups in total. The summed E-state index contributed by atoms with van der Waals surface area (Å²) in [6.45, 7) is 7.32. The van der Waals surface area contributed by atoms with E-state index < -0.39 is 0 Å². The third kappa shape index (κ3) is 3.33. The molecular formula is C16H25NO. The maximum absolute atomic E-state index is 10.1. The molecule has 1 aromatic carbocycles. The Kier molecular flexibility index (Phi) is 4.79. The lowest BCUT2D eigenvalue weighted by Crippen LogP contribution is -2.34. The van der Waals surface area contributed by atoms with Crippen molar-refractivity contribution in [3.8, 4) is 0 Å². The molecule has 0 aliphatic carbocycles. The number of aliphatic hydroxyl groups excluding tert-OH is 1. The maximum Gasteiger partial charge on any atom is 0.0692 e. The van der Waals surface area contributed by atoms with Crippen molar-refractivity contribution in [1.29, 1.82) is 0 Å². The van der Waals surface area contributed by atoms with Gasteiger partial charge in [0.15, 0.2) is 0 Å². The molecule has 2 heteroatoms. The second-order valence-corrected chi connectivity index (χ2v) is 5.61. The highest BCUT2D eigenvalue weighted by Gasteiger charge is 2.26. The van der Waals surface area contributed by atoms with Gasteiger partial charge in [0.25, 0.3) is 0 Å². The average Bonchev–Trinajstić information content (AvgIpc) is 2.87. The Bertz CT molecular complexity index is 351. The summed E-state index contributed by atoms with van der Waals surface area (Å²) < 4.78 is 0. The summed E-state index contributed by atoms with van der Waals surface area (Å²) in [5, 5.41) is 10.1. The fraction of sp³-hybridized carbons (Fsp3) is 0.625. The molecule has 18 heavy (non-hydrogen) atoms. The minimum atomic E-state index is -0.176. The van der Waals surface area contributed by atoms with E-state index >= 15 is 0 Å². The second kappa shape index (κ2) is 6.35. The van der Waals surface area contributed by atoms with Crippen LogP contribution in [-0.4, -0.2) is 35.7 Å². The van der Waals surface area contributed by atoms with Crippen LogP contribution in [0.1, 0.15) is 38.2 Å². The first-order chi connectivity index (χ1) is 8.70. The van der Waals surface area contributed by atoms with Crippen LogP contribution in [0.4, 0.5) is 0 Å². The highest BCUT2D eigenvalue weighted by Crippen LogP contribution is 2.27. The van der Waals surface area contributed by atoms with Crippen LogP contribution in [0.3, 0.4) is 0 Å². The van der Waals surface area contributed by atoms with Crippen molar-refractivity contribution < 1.29 is 5.11 Å². The van der Waals surface area contributed by atoms with Crippen LogP contribution in [0, 0.1) is 5.92 Å². The Hall–Kier alpha value is -0.860. The van der Waals surface area contributed by atoms with E-state index in [1.54, 1.807) is 0 Å². The van der Waals surface area contributed by atoms with Crippen LogP contribution < -0.4 is 0 Å². The predicted octanol–water partition coefficient (Wildman–Crippen LogP) is 2.88. The average molecular weight is 247 g/mol. The topological polar surface area (TPSA) is 23.5 Å². The van der Waals surface area contributed by atoms with Gasteiger partial charge < -0.3 is 10.0 Å². The third-order valence-corrected chi connectivity index (χ3v) is 4.29. The van der Waals surface area contributed by atoms with Gasteiger partial charge in [-0.15, -0.1) is 0 Å². The second-order valence-electron chi connectivity index (χ2n) is 5.61. The first-order valence-corrected chi connectivity index (χ1v) is 7.16. The molecule has 0 aromatic heterocycles. The lowest BCUT2D eigenvalue weighted by molar-refractivity contribution is 0.0766. The van der Waals surface area contributed by atoms with E-state index in [4.69, 9.17) is 0 Å². The molecule has 1 aliphatic heterocycles. The normalized spacial score (nSPS) is 24.1. The van der Waals surface area contributed by atoms with Crippen LogP contribution >= 0.6 is 0 Å². The lowest BCUT2D eigenvalue weighted by atomic mass is 9.98. The van der Waals surface area contributed by atoms with Crippen molar-refractivity contribution in [1.82, 2.24) is 4.90 Å². The Morgan fingerprint density at radius 3 is 2.72 bits per heavy atom. The number of β-amino-alcohol motifs (C(OH)–C–C–N with tert-alkyl or cyclic N) is 1. The predicted molar refractivity (Wildman–Crippen MR) is 75.7 cm³/mol. The minimum Gasteiger partial charge on any atom is -0.392 e. The largest absolute Gasteiger partial charge is 0.392 e. The Labute approximate surface area is 111 Å². The molecule has 0 bridgehead atoms. The lowest BCUT2D eigenvalue weighted by Gasteiger charge is -2.23. The number of hydrogen-bond donors (Lipinski definition) is 1. The first-order valence-electron chi connectivity index (χ1n) is 7.16. The van der Waals surface area contributed by atoms with Crippen molar-refractivity contribution in [3.05, 3.63) is 35.9 Å². The Balaban J connectivity index is 1.85. The van der Waals surface area contributed by atoms with Crippen LogP contribution in [0.2, 0.25) is 0 Å². The Morgan fingerprint density at radius 2 is 2.06 bits per heavy atom. The van der Waals surface area contributed by atoms with Gasteiger partial charge in [0, 0.05) is 13.1 Å². The summed E-state index contributed by atoms with van der Waals surface area (Å²) >= 11 is 0. The fourth-order valence-electron chi connectivity index (χ4n) is 2.71. The number of nitrogens with zero attached hydrogens (tertiary/aromatic N) is 1. The maximum atomic E-state index is 10.1. The number of likely N-dealkylation sites (tertiary alicyclic amines) is 1. The first kappa shape index (κ1) is 13.6. The molecule has 1 fully saturated rings. The molecule has 0 radical (unpaired) electrons. The monoisotopic (exact) mass is 247 g/mol. The standard InChI is InChI=1S/C16H25NO/c1-3-13(2)16(18)12-17-10-9-15(11-17)14-7-5-4-6-8-14/h4-8,13,15-16,18H,3,9-12H2,1-2H3. The van der Waals surface area contributed by atoms with E-state index in [2.05, 4.69) is 49.1 Å². The molecule has 1 heterocycles. The molecule has 3 unspecified atom stereocenters. The van der Waals surface area contributed by atoms with Crippen molar-refractivity contribution in [2.45, 2.75) is 38.7 Å². The molecule has 1 aromatic rings. The zero-order chi connectivity index (χ0) is 13.0. The van der Waals surface area contributed by atoms with Crippen LogP contribution in [0.25, 0.3) is 0 Å². The van der Waals surface area contributed by atoms with E-state index in [1.165, 1.54) is 12.0 Å². The van der Waals surface area contributed by atoms with E-state index in [0.717, 1.165) is 26.1 Å². The van der Waals surface area contributed by atoms with Crippen molar-refractivity contribution in [2.75, 3.05) is 19.6 Å². The molecule has 0 saturated carbocycles. The van der Waals surface area contributed by atoms with Crippen molar-refractivity contribution in [3.63, 3.8) is 0 Å². The minimum absolute atomic E-state index is 0.176. The van der Waals surface area contributed by atoms with Gasteiger partial charge in [-0.25, -0.2) is 0 Å². The summed E-state index contributed by atoms with van der Waals surface area (Å²) in [7, 11) is 0. The SMILES string of the molecule is CCC(C)C(O)CN1CCC(c2ccccc2)C1. The summed E-state index contributed by atoms with van der Waals surface area (Å²) in [5.74, 6) is 1.05. The van der Waals surface area contributed by atoms with E-state index in [-0.39, 0.29) is 6.10 Å². The molecule has 1 aliphatic rings. The van der Waals surface area contributed by atoms with E-state index in [9.17, 15) is 5.11 Å². The smallest absolute Gasteiger partial charge is 0.0692 e. The quantitative estimate of drug-likeness (QED) is 0.865. The van der Waals surface area contributed by atoms with Gasteiger partial charge in [-0.2, -0.15) is 0 Å². The van der Waals surface area contributed by atoms with Crippen molar-refractivity contribution in [2.24, 2.45) is 5.92 Å². The molecule has 100 valence electrons. The van der Waals surface area contributed by atoms with Crippen LogP contribution in [0.5, 0.6) is 0 Å². The Morgan fingerprint density at radius 1 is 1.33 bits per heavy atom. The van der Waals surface area contributed by atoms with E-state index in [1.807, 2.05) is 0 Å². The van der Waals surface area contributed by atoms with E-state index in [0.29, 0.717) is 11.8 Å². The van der Waals surface area contributed by atoms with Gasteiger partial charge in [-0.05, 0) is 30.4 Å². The van der Waals surface area contributed by atoms with Gasteiger partial charge in [0.05, 0.1) is 6.10 Å². The molecule has 0 spiro atoms. The number of aliphatic hydroxyl groups is 1. The number of hydrogen-bond acceptors (Lipinski definition) is 2.